The van der Waals surface area contributed by atoms with E-state index in [0.717, 1.165) is 35.5 Å². The molecule has 6 heteroatoms. The third-order valence-corrected chi connectivity index (χ3v) is 6.68. The summed E-state index contributed by atoms with van der Waals surface area (Å²) in [6, 6.07) is 5.46. The smallest absolute Gasteiger partial charge is 0.191 e. The number of rotatable bonds is 6. The highest BCUT2D eigenvalue weighted by atomic mass is 32.2. The molecule has 0 spiro atoms. The van der Waals surface area contributed by atoms with Crippen molar-refractivity contribution in [1.29, 1.82) is 0 Å². The first kappa shape index (κ1) is 20.7. The van der Waals surface area contributed by atoms with Crippen LogP contribution < -0.4 is 10.6 Å². The second-order valence-electron chi connectivity index (χ2n) is 7.47. The number of hydrogen-bond donors (Lipinski definition) is 2. The van der Waals surface area contributed by atoms with Crippen LogP contribution in [0.5, 0.6) is 0 Å². The number of sulfone groups is 1. The van der Waals surface area contributed by atoms with E-state index in [9.17, 15) is 8.42 Å². The summed E-state index contributed by atoms with van der Waals surface area (Å²) in [7, 11) is -1.39. The van der Waals surface area contributed by atoms with E-state index in [0.29, 0.717) is 11.4 Å². The molecule has 146 valence electrons. The number of guanidine groups is 1. The Morgan fingerprint density at radius 1 is 1.15 bits per heavy atom. The van der Waals surface area contributed by atoms with E-state index in [1.165, 1.54) is 38.4 Å². The standard InChI is InChI=1S/C20H33N3O2S/c1-5-16-6-8-17(9-7-16)13-22-20(21-3)23-14-18-10-11-19(15(2)12-18)26(4,24)25/h10-12,16-17H,5-9,13-14H2,1-4H3,(H2,21,22,23). The Bertz CT molecular complexity index is 721. The minimum absolute atomic E-state index is 0.395. The number of aliphatic imine (C=N–C) groups is 1. The third-order valence-electron chi connectivity index (χ3n) is 5.42. The molecular weight excluding hydrogens is 346 g/mol. The Morgan fingerprint density at radius 3 is 2.35 bits per heavy atom. The fourth-order valence-corrected chi connectivity index (χ4v) is 4.69. The molecule has 2 rings (SSSR count). The number of nitrogens with one attached hydrogen (secondary N) is 2. The lowest BCUT2D eigenvalue weighted by Gasteiger charge is -2.28. The highest BCUT2D eigenvalue weighted by Crippen LogP contribution is 2.30. The maximum absolute atomic E-state index is 11.7. The summed E-state index contributed by atoms with van der Waals surface area (Å²) in [6.45, 7) is 5.70. The Balaban J connectivity index is 1.83. The fraction of sp³-hybridized carbons (Fsp3) is 0.650. The van der Waals surface area contributed by atoms with E-state index < -0.39 is 9.84 Å². The minimum Gasteiger partial charge on any atom is -0.356 e. The summed E-state index contributed by atoms with van der Waals surface area (Å²) in [5.74, 6) is 2.45. The lowest BCUT2D eigenvalue weighted by Crippen LogP contribution is -2.40. The molecule has 1 fully saturated rings. The molecule has 2 N–H and O–H groups in total. The molecule has 0 bridgehead atoms. The van der Waals surface area contributed by atoms with Gasteiger partial charge in [-0.3, -0.25) is 4.99 Å². The minimum atomic E-state index is -3.17. The van der Waals surface area contributed by atoms with Gasteiger partial charge in [-0.25, -0.2) is 8.42 Å². The van der Waals surface area contributed by atoms with E-state index in [1.807, 2.05) is 19.1 Å². The number of hydrogen-bond acceptors (Lipinski definition) is 3. The van der Waals surface area contributed by atoms with Crippen LogP contribution in [0.15, 0.2) is 28.1 Å². The predicted molar refractivity (Wildman–Crippen MR) is 108 cm³/mol. The number of aryl methyl sites for hydroxylation is 1. The molecule has 1 aliphatic rings. The van der Waals surface area contributed by atoms with Gasteiger partial charge in [0.25, 0.3) is 0 Å². The first-order valence-electron chi connectivity index (χ1n) is 9.57. The van der Waals surface area contributed by atoms with Crippen molar-refractivity contribution in [1.82, 2.24) is 10.6 Å². The summed E-state index contributed by atoms with van der Waals surface area (Å²) < 4.78 is 23.4. The van der Waals surface area contributed by atoms with E-state index in [2.05, 4.69) is 22.5 Å². The summed E-state index contributed by atoms with van der Waals surface area (Å²) in [5.41, 5.74) is 1.82. The van der Waals surface area contributed by atoms with Gasteiger partial charge in [0.05, 0.1) is 4.90 Å². The monoisotopic (exact) mass is 379 g/mol. The van der Waals surface area contributed by atoms with Gasteiger partial charge >= 0.3 is 0 Å². The summed E-state index contributed by atoms with van der Waals surface area (Å²) >= 11 is 0. The van der Waals surface area contributed by atoms with Crippen molar-refractivity contribution in [3.05, 3.63) is 29.3 Å². The molecule has 0 saturated heterocycles. The van der Waals surface area contributed by atoms with Crippen molar-refractivity contribution in [2.45, 2.75) is 57.4 Å². The van der Waals surface area contributed by atoms with Gasteiger partial charge in [-0.1, -0.05) is 38.3 Å². The summed E-state index contributed by atoms with van der Waals surface area (Å²) in [6.07, 6.45) is 7.85. The largest absolute Gasteiger partial charge is 0.356 e. The Labute approximate surface area is 158 Å². The Hall–Kier alpha value is -1.56. The van der Waals surface area contributed by atoms with Crippen LogP contribution in [0.2, 0.25) is 0 Å². The second kappa shape index (κ2) is 9.40. The van der Waals surface area contributed by atoms with Crippen LogP contribution >= 0.6 is 0 Å². The number of nitrogens with zero attached hydrogens (tertiary/aromatic N) is 1. The topological polar surface area (TPSA) is 70.6 Å². The van der Waals surface area contributed by atoms with Crippen LogP contribution in [0.1, 0.15) is 50.2 Å². The average molecular weight is 380 g/mol. The van der Waals surface area contributed by atoms with E-state index in [1.54, 1.807) is 13.1 Å². The van der Waals surface area contributed by atoms with Gasteiger partial charge in [-0.15, -0.1) is 0 Å². The maximum atomic E-state index is 11.7. The van der Waals surface area contributed by atoms with Crippen LogP contribution in [0.25, 0.3) is 0 Å². The molecule has 0 amide bonds. The zero-order valence-corrected chi connectivity index (χ0v) is 17.3. The van der Waals surface area contributed by atoms with Crippen molar-refractivity contribution >= 4 is 15.8 Å². The molecule has 5 nitrogen and oxygen atoms in total. The van der Waals surface area contributed by atoms with Gasteiger partial charge in [0.2, 0.25) is 0 Å². The zero-order valence-electron chi connectivity index (χ0n) is 16.5. The number of benzene rings is 1. The van der Waals surface area contributed by atoms with Crippen LogP contribution in [-0.2, 0) is 16.4 Å². The molecule has 0 unspecified atom stereocenters. The van der Waals surface area contributed by atoms with Crippen molar-refractivity contribution in [3.63, 3.8) is 0 Å². The zero-order chi connectivity index (χ0) is 19.2. The maximum Gasteiger partial charge on any atom is 0.191 e. The van der Waals surface area contributed by atoms with E-state index in [-0.39, 0.29) is 0 Å². The summed E-state index contributed by atoms with van der Waals surface area (Å²) in [4.78, 5) is 4.69. The quantitative estimate of drug-likeness (QED) is 0.588. The fourth-order valence-electron chi connectivity index (χ4n) is 3.73. The summed E-state index contributed by atoms with van der Waals surface area (Å²) in [5, 5.41) is 6.76. The van der Waals surface area contributed by atoms with Crippen LogP contribution in [0.3, 0.4) is 0 Å². The van der Waals surface area contributed by atoms with Gasteiger partial charge in [-0.2, -0.15) is 0 Å². The lowest BCUT2D eigenvalue weighted by molar-refractivity contribution is 0.269. The lowest BCUT2D eigenvalue weighted by atomic mass is 9.81. The van der Waals surface area contributed by atoms with E-state index >= 15 is 0 Å². The molecule has 1 saturated carbocycles. The van der Waals surface area contributed by atoms with Gasteiger partial charge in [0.15, 0.2) is 15.8 Å². The predicted octanol–water partition coefficient (Wildman–Crippen LogP) is 3.28. The first-order chi connectivity index (χ1) is 12.3. The third kappa shape index (κ3) is 6.01. The molecule has 0 heterocycles. The molecule has 1 aromatic rings. The molecule has 1 aromatic carbocycles. The molecule has 0 aromatic heterocycles. The normalized spacial score (nSPS) is 21.5. The Kier molecular flexibility index (Phi) is 7.50. The molecule has 1 aliphatic carbocycles. The van der Waals surface area contributed by atoms with Crippen molar-refractivity contribution in [2.24, 2.45) is 16.8 Å². The Morgan fingerprint density at radius 2 is 1.81 bits per heavy atom. The SMILES string of the molecule is CCC1CCC(CNC(=NC)NCc2ccc(S(C)(=O)=O)c(C)c2)CC1. The van der Waals surface area contributed by atoms with Gasteiger partial charge in [0, 0.05) is 26.4 Å². The second-order valence-corrected chi connectivity index (χ2v) is 9.46. The molecule has 26 heavy (non-hydrogen) atoms. The van der Waals surface area contributed by atoms with Crippen LogP contribution in [-0.4, -0.2) is 34.2 Å². The van der Waals surface area contributed by atoms with Gasteiger partial charge < -0.3 is 10.6 Å². The molecule has 0 atom stereocenters. The van der Waals surface area contributed by atoms with Crippen LogP contribution in [0.4, 0.5) is 0 Å². The van der Waals surface area contributed by atoms with Crippen LogP contribution in [0, 0.1) is 18.8 Å². The highest BCUT2D eigenvalue weighted by Gasteiger charge is 2.20. The van der Waals surface area contributed by atoms with Crippen molar-refractivity contribution in [2.75, 3.05) is 19.8 Å². The molecule has 0 radical (unpaired) electrons. The van der Waals surface area contributed by atoms with Crippen molar-refractivity contribution in [3.8, 4) is 0 Å². The average Bonchev–Trinajstić information content (AvgIpc) is 2.61. The van der Waals surface area contributed by atoms with Gasteiger partial charge in [-0.05, 0) is 48.8 Å². The molecule has 0 aliphatic heterocycles. The van der Waals surface area contributed by atoms with E-state index in [4.69, 9.17) is 0 Å². The van der Waals surface area contributed by atoms with Crippen molar-refractivity contribution < 1.29 is 8.42 Å². The highest BCUT2D eigenvalue weighted by molar-refractivity contribution is 7.90. The van der Waals surface area contributed by atoms with Gasteiger partial charge in [0.1, 0.15) is 0 Å². The molecular formula is C20H33N3O2S. The first-order valence-corrected chi connectivity index (χ1v) is 11.5.